The fourth-order valence-corrected chi connectivity index (χ4v) is 1.94. The molecule has 1 aromatic rings. The van der Waals surface area contributed by atoms with Gasteiger partial charge in [0.05, 0.1) is 5.60 Å². The lowest BCUT2D eigenvalue weighted by Crippen LogP contribution is -2.46. The van der Waals surface area contributed by atoms with Crippen molar-refractivity contribution in [2.75, 3.05) is 18.8 Å². The Morgan fingerprint density at radius 1 is 1.59 bits per heavy atom. The molecule has 1 aliphatic rings. The van der Waals surface area contributed by atoms with Gasteiger partial charge in [-0.1, -0.05) is 0 Å². The van der Waals surface area contributed by atoms with Crippen molar-refractivity contribution in [2.45, 2.75) is 31.9 Å². The van der Waals surface area contributed by atoms with E-state index in [0.29, 0.717) is 31.7 Å². The number of likely N-dealkylation sites (tertiary alicyclic amines) is 1. The van der Waals surface area contributed by atoms with Crippen molar-refractivity contribution in [1.82, 2.24) is 14.7 Å². The van der Waals surface area contributed by atoms with Gasteiger partial charge in [-0.25, -0.2) is 0 Å². The van der Waals surface area contributed by atoms with Gasteiger partial charge in [0.2, 0.25) is 5.91 Å². The first-order valence-electron chi connectivity index (χ1n) is 5.75. The van der Waals surface area contributed by atoms with Crippen molar-refractivity contribution >= 4 is 11.7 Å². The molecule has 3 N–H and O–H groups in total. The highest BCUT2D eigenvalue weighted by Crippen LogP contribution is 2.21. The minimum Gasteiger partial charge on any atom is -0.390 e. The molecule has 0 bridgehead atoms. The summed E-state index contributed by atoms with van der Waals surface area (Å²) in [6.45, 7) is 3.22. The molecule has 1 amide bonds. The van der Waals surface area contributed by atoms with Gasteiger partial charge in [-0.3, -0.25) is 9.48 Å². The van der Waals surface area contributed by atoms with Crippen LogP contribution in [-0.2, 0) is 11.3 Å². The standard InChI is InChI=1S/C11H18N4O2/c1-11(17)3-6-14(7-4-11)10(16)8-15-5-2-9(12)13-15/h2,5,17H,3-4,6-8H2,1H3,(H2,12,13). The molecule has 0 atom stereocenters. The molecular weight excluding hydrogens is 220 g/mol. The molecule has 6 nitrogen and oxygen atoms in total. The SMILES string of the molecule is CC1(O)CCN(C(=O)Cn2ccc(N)n2)CC1. The Bertz CT molecular complexity index is 403. The molecule has 0 radical (unpaired) electrons. The van der Waals surface area contributed by atoms with Crippen molar-refractivity contribution in [3.8, 4) is 0 Å². The summed E-state index contributed by atoms with van der Waals surface area (Å²) in [6.07, 6.45) is 2.94. The molecule has 1 saturated heterocycles. The van der Waals surface area contributed by atoms with Crippen LogP contribution in [0.25, 0.3) is 0 Å². The van der Waals surface area contributed by atoms with Gasteiger partial charge < -0.3 is 15.7 Å². The van der Waals surface area contributed by atoms with Crippen molar-refractivity contribution in [2.24, 2.45) is 0 Å². The highest BCUT2D eigenvalue weighted by atomic mass is 16.3. The van der Waals surface area contributed by atoms with Crippen LogP contribution >= 0.6 is 0 Å². The zero-order valence-electron chi connectivity index (χ0n) is 9.96. The van der Waals surface area contributed by atoms with Gasteiger partial charge in [0.25, 0.3) is 0 Å². The summed E-state index contributed by atoms with van der Waals surface area (Å²) in [4.78, 5) is 13.7. The van der Waals surface area contributed by atoms with Gasteiger partial charge in [-0.05, 0) is 25.8 Å². The lowest BCUT2D eigenvalue weighted by molar-refractivity contribution is -0.135. The van der Waals surface area contributed by atoms with Gasteiger partial charge in [-0.2, -0.15) is 5.10 Å². The maximum atomic E-state index is 11.9. The minimum absolute atomic E-state index is 0.0172. The molecule has 0 aliphatic carbocycles. The Balaban J connectivity index is 1.89. The topological polar surface area (TPSA) is 84.4 Å². The van der Waals surface area contributed by atoms with Crippen LogP contribution in [0.4, 0.5) is 5.82 Å². The number of rotatable bonds is 2. The number of amides is 1. The molecule has 0 aromatic carbocycles. The third-order valence-corrected chi connectivity index (χ3v) is 3.15. The largest absolute Gasteiger partial charge is 0.390 e. The van der Waals surface area contributed by atoms with E-state index in [1.54, 1.807) is 17.2 Å². The summed E-state index contributed by atoms with van der Waals surface area (Å²) >= 11 is 0. The number of hydrogen-bond acceptors (Lipinski definition) is 4. The number of carbonyl (C=O) groups is 1. The molecule has 94 valence electrons. The van der Waals surface area contributed by atoms with Crippen LogP contribution in [-0.4, -0.2) is 44.4 Å². The smallest absolute Gasteiger partial charge is 0.244 e. The van der Waals surface area contributed by atoms with Crippen molar-refractivity contribution in [1.29, 1.82) is 0 Å². The Kier molecular flexibility index (Phi) is 3.06. The van der Waals surface area contributed by atoms with Crippen LogP contribution in [0.15, 0.2) is 12.3 Å². The van der Waals surface area contributed by atoms with E-state index in [1.807, 2.05) is 6.92 Å². The maximum absolute atomic E-state index is 11.9. The van der Waals surface area contributed by atoms with Gasteiger partial charge in [0.1, 0.15) is 12.4 Å². The number of hydrogen-bond donors (Lipinski definition) is 2. The Morgan fingerprint density at radius 3 is 2.76 bits per heavy atom. The van der Waals surface area contributed by atoms with Crippen LogP contribution < -0.4 is 5.73 Å². The number of nitrogens with two attached hydrogens (primary N) is 1. The third-order valence-electron chi connectivity index (χ3n) is 3.15. The summed E-state index contributed by atoms with van der Waals surface area (Å²) in [6, 6.07) is 1.66. The Hall–Kier alpha value is -1.56. The molecule has 2 heterocycles. The van der Waals surface area contributed by atoms with E-state index in [2.05, 4.69) is 5.10 Å². The summed E-state index contributed by atoms with van der Waals surface area (Å²) in [5.74, 6) is 0.433. The highest BCUT2D eigenvalue weighted by Gasteiger charge is 2.29. The second-order valence-corrected chi connectivity index (χ2v) is 4.82. The zero-order valence-corrected chi connectivity index (χ0v) is 9.96. The number of anilines is 1. The number of aliphatic hydroxyl groups is 1. The first-order chi connectivity index (χ1) is 7.96. The minimum atomic E-state index is -0.632. The molecule has 17 heavy (non-hydrogen) atoms. The first-order valence-corrected chi connectivity index (χ1v) is 5.75. The highest BCUT2D eigenvalue weighted by molar-refractivity contribution is 5.76. The second kappa shape index (κ2) is 4.37. The maximum Gasteiger partial charge on any atom is 0.244 e. The van der Waals surface area contributed by atoms with E-state index in [9.17, 15) is 9.90 Å². The molecule has 1 fully saturated rings. The predicted octanol–water partition coefficient (Wildman–Crippen LogP) is -0.161. The van der Waals surface area contributed by atoms with Gasteiger partial charge >= 0.3 is 0 Å². The van der Waals surface area contributed by atoms with E-state index >= 15 is 0 Å². The average molecular weight is 238 g/mol. The van der Waals surface area contributed by atoms with Crippen molar-refractivity contribution < 1.29 is 9.90 Å². The molecule has 0 unspecified atom stereocenters. The summed E-state index contributed by atoms with van der Waals surface area (Å²) in [5, 5.41) is 13.8. The molecule has 1 aliphatic heterocycles. The Labute approximate surface area is 100 Å². The average Bonchev–Trinajstić information content (AvgIpc) is 2.63. The molecule has 2 rings (SSSR count). The normalized spacial score (nSPS) is 19.3. The van der Waals surface area contributed by atoms with Crippen molar-refractivity contribution in [3.05, 3.63) is 12.3 Å². The quantitative estimate of drug-likeness (QED) is 0.749. The van der Waals surface area contributed by atoms with E-state index in [0.717, 1.165) is 0 Å². The number of carbonyl (C=O) groups excluding carboxylic acids is 1. The predicted molar refractivity (Wildman–Crippen MR) is 63.1 cm³/mol. The van der Waals surface area contributed by atoms with Gasteiger partial charge in [0, 0.05) is 19.3 Å². The number of nitrogens with zero attached hydrogens (tertiary/aromatic N) is 3. The van der Waals surface area contributed by atoms with Gasteiger partial charge in [0.15, 0.2) is 0 Å². The fourth-order valence-electron chi connectivity index (χ4n) is 1.94. The first kappa shape index (κ1) is 11.9. The van der Waals surface area contributed by atoms with Crippen LogP contribution in [0.3, 0.4) is 0 Å². The van der Waals surface area contributed by atoms with Crippen LogP contribution in [0.2, 0.25) is 0 Å². The number of piperidine rings is 1. The van der Waals surface area contributed by atoms with Crippen LogP contribution in [0.5, 0.6) is 0 Å². The van der Waals surface area contributed by atoms with Crippen LogP contribution in [0, 0.1) is 0 Å². The Morgan fingerprint density at radius 2 is 2.24 bits per heavy atom. The lowest BCUT2D eigenvalue weighted by atomic mass is 9.94. The molecule has 0 saturated carbocycles. The van der Waals surface area contributed by atoms with E-state index in [1.165, 1.54) is 4.68 Å². The van der Waals surface area contributed by atoms with E-state index < -0.39 is 5.60 Å². The van der Waals surface area contributed by atoms with Crippen molar-refractivity contribution in [3.63, 3.8) is 0 Å². The zero-order chi connectivity index (χ0) is 12.5. The molecule has 6 heteroatoms. The lowest BCUT2D eigenvalue weighted by Gasteiger charge is -2.35. The van der Waals surface area contributed by atoms with Crippen LogP contribution in [0.1, 0.15) is 19.8 Å². The van der Waals surface area contributed by atoms with Gasteiger partial charge in [-0.15, -0.1) is 0 Å². The fraction of sp³-hybridized carbons (Fsp3) is 0.636. The third kappa shape index (κ3) is 2.97. The molecule has 1 aromatic heterocycles. The summed E-state index contributed by atoms with van der Waals surface area (Å²) in [7, 11) is 0. The molecular formula is C11H18N4O2. The number of aromatic nitrogens is 2. The summed E-state index contributed by atoms with van der Waals surface area (Å²) in [5.41, 5.74) is 4.85. The summed E-state index contributed by atoms with van der Waals surface area (Å²) < 4.78 is 1.53. The monoisotopic (exact) mass is 238 g/mol. The molecule has 0 spiro atoms. The van der Waals surface area contributed by atoms with E-state index in [-0.39, 0.29) is 12.5 Å². The second-order valence-electron chi connectivity index (χ2n) is 4.82. The number of nitrogen functional groups attached to an aromatic ring is 1. The van der Waals surface area contributed by atoms with E-state index in [4.69, 9.17) is 5.73 Å².